The van der Waals surface area contributed by atoms with Crippen LogP contribution in [-0.2, 0) is 11.3 Å². The van der Waals surface area contributed by atoms with Gasteiger partial charge in [-0.1, -0.05) is 0 Å². The minimum absolute atomic E-state index is 0.0191. The Morgan fingerprint density at radius 3 is 2.56 bits per heavy atom. The van der Waals surface area contributed by atoms with Gasteiger partial charge in [0.25, 0.3) is 0 Å². The van der Waals surface area contributed by atoms with E-state index >= 15 is 0 Å². The summed E-state index contributed by atoms with van der Waals surface area (Å²) >= 11 is 0. The molecule has 0 atom stereocenters. The molecule has 0 saturated heterocycles. The summed E-state index contributed by atoms with van der Waals surface area (Å²) in [7, 11) is 5.15. The third-order valence-corrected chi connectivity index (χ3v) is 2.44. The molecule has 1 rings (SSSR count). The van der Waals surface area contributed by atoms with Crippen LogP contribution in [0.3, 0.4) is 0 Å². The zero-order chi connectivity index (χ0) is 13.7. The number of hydrogen-bond donors (Lipinski definition) is 0. The number of hydrogen-bond acceptors (Lipinski definition) is 3. The second-order valence-electron chi connectivity index (χ2n) is 4.42. The van der Waals surface area contributed by atoms with Crippen molar-refractivity contribution in [2.75, 3.05) is 27.7 Å². The number of nitriles is 1. The van der Waals surface area contributed by atoms with Crippen molar-refractivity contribution in [3.8, 4) is 6.07 Å². The molecule has 0 heterocycles. The van der Waals surface area contributed by atoms with Gasteiger partial charge in [-0.2, -0.15) is 5.26 Å². The maximum atomic E-state index is 13.2. The van der Waals surface area contributed by atoms with Crippen molar-refractivity contribution in [1.82, 2.24) is 9.80 Å². The standard InChI is InChI=1S/C13H16FN3O/c1-16(2)13(18)9-17(3)8-11-4-10(7-15)5-12(14)6-11/h4-6H,8-9H2,1-3H3. The fraction of sp³-hybridized carbons (Fsp3) is 0.385. The highest BCUT2D eigenvalue weighted by Crippen LogP contribution is 2.10. The van der Waals surface area contributed by atoms with E-state index in [1.807, 2.05) is 6.07 Å². The number of amides is 1. The molecule has 1 amide bonds. The summed E-state index contributed by atoms with van der Waals surface area (Å²) in [6.45, 7) is 0.678. The average Bonchev–Trinajstić information content (AvgIpc) is 2.27. The Morgan fingerprint density at radius 2 is 2.00 bits per heavy atom. The van der Waals surface area contributed by atoms with Gasteiger partial charge in [-0.05, 0) is 30.8 Å². The zero-order valence-corrected chi connectivity index (χ0v) is 10.8. The van der Waals surface area contributed by atoms with E-state index in [0.717, 1.165) is 0 Å². The van der Waals surface area contributed by atoms with Gasteiger partial charge < -0.3 is 4.90 Å². The van der Waals surface area contributed by atoms with Gasteiger partial charge in [0, 0.05) is 20.6 Å². The predicted molar refractivity (Wildman–Crippen MR) is 66.1 cm³/mol. The van der Waals surface area contributed by atoms with Crippen LogP contribution in [0.5, 0.6) is 0 Å². The number of benzene rings is 1. The molecular weight excluding hydrogens is 233 g/mol. The molecule has 96 valence electrons. The average molecular weight is 249 g/mol. The van der Waals surface area contributed by atoms with E-state index < -0.39 is 5.82 Å². The van der Waals surface area contributed by atoms with Crippen LogP contribution in [0.4, 0.5) is 4.39 Å². The van der Waals surface area contributed by atoms with Crippen LogP contribution in [0.1, 0.15) is 11.1 Å². The number of likely N-dealkylation sites (N-methyl/N-ethyl adjacent to an activating group) is 2. The highest BCUT2D eigenvalue weighted by Gasteiger charge is 2.09. The lowest BCUT2D eigenvalue weighted by molar-refractivity contribution is -0.129. The van der Waals surface area contributed by atoms with Gasteiger partial charge in [-0.3, -0.25) is 9.69 Å². The van der Waals surface area contributed by atoms with E-state index in [1.54, 1.807) is 32.1 Å². The monoisotopic (exact) mass is 249 g/mol. The SMILES string of the molecule is CN(CC(=O)N(C)C)Cc1cc(F)cc(C#N)c1. The van der Waals surface area contributed by atoms with Crippen molar-refractivity contribution in [3.63, 3.8) is 0 Å². The predicted octanol–water partition coefficient (Wildman–Crippen LogP) is 1.22. The minimum atomic E-state index is -0.434. The molecule has 0 spiro atoms. The lowest BCUT2D eigenvalue weighted by Crippen LogP contribution is -2.34. The summed E-state index contributed by atoms with van der Waals surface area (Å²) in [6, 6.07) is 6.09. The van der Waals surface area contributed by atoms with Gasteiger partial charge in [-0.15, -0.1) is 0 Å². The molecule has 0 aliphatic carbocycles. The summed E-state index contributed by atoms with van der Waals surface area (Å²) in [5.41, 5.74) is 0.970. The Kier molecular flexibility index (Phi) is 4.81. The molecule has 0 radical (unpaired) electrons. The summed E-state index contributed by atoms with van der Waals surface area (Å²) < 4.78 is 13.2. The maximum absolute atomic E-state index is 13.2. The second-order valence-corrected chi connectivity index (χ2v) is 4.42. The Hall–Kier alpha value is -1.93. The molecule has 0 unspecified atom stereocenters. The molecule has 0 saturated carbocycles. The van der Waals surface area contributed by atoms with Crippen LogP contribution < -0.4 is 0 Å². The minimum Gasteiger partial charge on any atom is -0.348 e. The number of carbonyl (C=O) groups is 1. The largest absolute Gasteiger partial charge is 0.348 e. The molecule has 5 heteroatoms. The molecule has 0 aromatic heterocycles. The molecule has 1 aromatic carbocycles. The second kappa shape index (κ2) is 6.12. The topological polar surface area (TPSA) is 47.3 Å². The Labute approximate surface area is 106 Å². The van der Waals surface area contributed by atoms with Gasteiger partial charge in [0.15, 0.2) is 0 Å². The van der Waals surface area contributed by atoms with Crippen LogP contribution in [0.25, 0.3) is 0 Å². The van der Waals surface area contributed by atoms with E-state index in [9.17, 15) is 9.18 Å². The quantitative estimate of drug-likeness (QED) is 0.806. The Morgan fingerprint density at radius 1 is 1.33 bits per heavy atom. The first-order valence-electron chi connectivity index (χ1n) is 5.50. The first kappa shape index (κ1) is 14.1. The lowest BCUT2D eigenvalue weighted by Gasteiger charge is -2.19. The first-order valence-corrected chi connectivity index (χ1v) is 5.50. The van der Waals surface area contributed by atoms with Crippen LogP contribution in [0, 0.1) is 17.1 Å². The van der Waals surface area contributed by atoms with E-state index in [4.69, 9.17) is 5.26 Å². The van der Waals surface area contributed by atoms with Crippen molar-refractivity contribution in [2.45, 2.75) is 6.54 Å². The van der Waals surface area contributed by atoms with Crippen molar-refractivity contribution in [2.24, 2.45) is 0 Å². The highest BCUT2D eigenvalue weighted by molar-refractivity contribution is 5.77. The zero-order valence-electron chi connectivity index (χ0n) is 10.8. The van der Waals surface area contributed by atoms with Crippen molar-refractivity contribution < 1.29 is 9.18 Å². The van der Waals surface area contributed by atoms with E-state index in [2.05, 4.69) is 0 Å². The maximum Gasteiger partial charge on any atom is 0.236 e. The molecule has 0 aliphatic rings. The highest BCUT2D eigenvalue weighted by atomic mass is 19.1. The molecule has 4 nitrogen and oxygen atoms in total. The molecule has 0 aliphatic heterocycles. The summed E-state index contributed by atoms with van der Waals surface area (Å²) in [4.78, 5) is 14.8. The van der Waals surface area contributed by atoms with Gasteiger partial charge >= 0.3 is 0 Å². The van der Waals surface area contributed by atoms with Crippen LogP contribution >= 0.6 is 0 Å². The number of carbonyl (C=O) groups excluding carboxylic acids is 1. The van der Waals surface area contributed by atoms with Gasteiger partial charge in [0.05, 0.1) is 18.2 Å². The Balaban J connectivity index is 2.70. The molecule has 0 bridgehead atoms. The third-order valence-electron chi connectivity index (χ3n) is 2.44. The van der Waals surface area contributed by atoms with Crippen molar-refractivity contribution in [3.05, 3.63) is 35.1 Å². The first-order chi connectivity index (χ1) is 8.42. The lowest BCUT2D eigenvalue weighted by atomic mass is 10.1. The molecule has 1 aromatic rings. The smallest absolute Gasteiger partial charge is 0.236 e. The van der Waals surface area contributed by atoms with E-state index in [-0.39, 0.29) is 18.0 Å². The Bertz CT molecular complexity index is 480. The van der Waals surface area contributed by atoms with Crippen molar-refractivity contribution >= 4 is 5.91 Å². The normalized spacial score (nSPS) is 10.2. The van der Waals surface area contributed by atoms with E-state index in [0.29, 0.717) is 12.1 Å². The number of halogens is 1. The molecular formula is C13H16FN3O. The van der Waals surface area contributed by atoms with Gasteiger partial charge in [0.2, 0.25) is 5.91 Å². The fourth-order valence-electron chi connectivity index (χ4n) is 1.55. The fourth-order valence-corrected chi connectivity index (χ4v) is 1.55. The molecule has 0 fully saturated rings. The third kappa shape index (κ3) is 4.15. The molecule has 18 heavy (non-hydrogen) atoms. The summed E-state index contributed by atoms with van der Waals surface area (Å²) in [5, 5.41) is 8.75. The summed E-state index contributed by atoms with van der Waals surface area (Å²) in [5.74, 6) is -0.453. The molecule has 0 N–H and O–H groups in total. The number of rotatable bonds is 4. The van der Waals surface area contributed by atoms with Crippen LogP contribution in [-0.4, -0.2) is 43.4 Å². The van der Waals surface area contributed by atoms with Crippen molar-refractivity contribution in [1.29, 1.82) is 5.26 Å². The van der Waals surface area contributed by atoms with Gasteiger partial charge in [0.1, 0.15) is 5.82 Å². The van der Waals surface area contributed by atoms with Crippen LogP contribution in [0.15, 0.2) is 18.2 Å². The van der Waals surface area contributed by atoms with Gasteiger partial charge in [-0.25, -0.2) is 4.39 Å². The van der Waals surface area contributed by atoms with Crippen LogP contribution in [0.2, 0.25) is 0 Å². The van der Waals surface area contributed by atoms with E-state index in [1.165, 1.54) is 17.0 Å². The summed E-state index contributed by atoms with van der Waals surface area (Å²) in [6.07, 6.45) is 0. The number of nitrogens with zero attached hydrogens (tertiary/aromatic N) is 3.